The van der Waals surface area contributed by atoms with Crippen LogP contribution in [0.5, 0.6) is 0 Å². The summed E-state index contributed by atoms with van der Waals surface area (Å²) >= 11 is 0. The van der Waals surface area contributed by atoms with Gasteiger partial charge in [0.1, 0.15) is 17.4 Å². The number of carbonyl (C=O) groups is 4. The number of fused-ring (bicyclic) bond motifs is 1. The molecule has 37 heavy (non-hydrogen) atoms. The van der Waals surface area contributed by atoms with Gasteiger partial charge in [0.05, 0.1) is 17.4 Å². The number of benzene rings is 1. The highest BCUT2D eigenvalue weighted by molar-refractivity contribution is 6.12. The van der Waals surface area contributed by atoms with Crippen LogP contribution in [-0.4, -0.2) is 51.4 Å². The van der Waals surface area contributed by atoms with Crippen molar-refractivity contribution in [2.24, 2.45) is 11.8 Å². The fraction of sp³-hybridized carbons (Fsp3) is 0.444. The Morgan fingerprint density at radius 1 is 1.11 bits per heavy atom. The third-order valence-corrected chi connectivity index (χ3v) is 7.14. The third-order valence-electron chi connectivity index (χ3n) is 7.14. The Morgan fingerprint density at radius 3 is 2.46 bits per heavy atom. The first kappa shape index (κ1) is 24.9. The molecule has 1 aromatic heterocycles. The Balaban J connectivity index is 1.61. The summed E-state index contributed by atoms with van der Waals surface area (Å²) < 4.78 is 11.5. The molecular weight excluding hydrogens is 476 g/mol. The second-order valence-electron chi connectivity index (χ2n) is 11.2. The zero-order valence-corrected chi connectivity index (χ0v) is 21.6. The normalized spacial score (nSPS) is 29.9. The molecule has 0 radical (unpaired) electrons. The SMILES string of the molecule is CC(=O)c1cccc(N2C(=O)[C@@H]3[C@@H](C(=O)Nc4cc(C)on4)[C@@]4(C)C=C[C@@]3(O4)[C@H]2C(=O)NC(C)(C)C)c1. The number of nitrogens with one attached hydrogen (secondary N) is 2. The summed E-state index contributed by atoms with van der Waals surface area (Å²) in [5.74, 6) is -2.65. The fourth-order valence-electron chi connectivity index (χ4n) is 5.75. The van der Waals surface area contributed by atoms with E-state index in [4.69, 9.17) is 9.26 Å². The minimum atomic E-state index is -1.38. The lowest BCUT2D eigenvalue weighted by atomic mass is 9.70. The number of Topliss-reactive ketones (excluding diaryl/α,β-unsaturated/α-hetero) is 1. The quantitative estimate of drug-likeness (QED) is 0.471. The molecule has 10 heteroatoms. The van der Waals surface area contributed by atoms with Crippen molar-refractivity contribution < 1.29 is 28.4 Å². The summed E-state index contributed by atoms with van der Waals surface area (Å²) in [7, 11) is 0. The van der Waals surface area contributed by atoms with Crippen LogP contribution in [-0.2, 0) is 19.1 Å². The molecule has 2 saturated heterocycles. The van der Waals surface area contributed by atoms with Crippen LogP contribution >= 0.6 is 0 Å². The van der Waals surface area contributed by atoms with Gasteiger partial charge in [-0.1, -0.05) is 29.4 Å². The molecule has 4 heterocycles. The van der Waals surface area contributed by atoms with Gasteiger partial charge in [0.25, 0.3) is 0 Å². The number of carbonyl (C=O) groups excluding carboxylic acids is 4. The average molecular weight is 507 g/mol. The minimum Gasteiger partial charge on any atom is -0.360 e. The molecule has 0 unspecified atom stereocenters. The summed E-state index contributed by atoms with van der Waals surface area (Å²) in [6.45, 7) is 10.4. The minimum absolute atomic E-state index is 0.174. The second kappa shape index (κ2) is 8.11. The summed E-state index contributed by atoms with van der Waals surface area (Å²) in [5, 5.41) is 9.53. The molecule has 3 aliphatic rings. The van der Waals surface area contributed by atoms with Gasteiger partial charge < -0.3 is 19.9 Å². The molecule has 2 N–H and O–H groups in total. The number of aromatic nitrogens is 1. The Kier molecular flexibility index (Phi) is 5.45. The van der Waals surface area contributed by atoms with E-state index in [-0.39, 0.29) is 11.6 Å². The number of ether oxygens (including phenoxy) is 1. The van der Waals surface area contributed by atoms with Gasteiger partial charge in [-0.15, -0.1) is 0 Å². The van der Waals surface area contributed by atoms with Crippen LogP contribution in [0, 0.1) is 18.8 Å². The molecule has 3 aliphatic heterocycles. The highest BCUT2D eigenvalue weighted by Crippen LogP contribution is 2.60. The summed E-state index contributed by atoms with van der Waals surface area (Å²) in [6, 6.07) is 7.04. The maximum atomic E-state index is 14.2. The van der Waals surface area contributed by atoms with Gasteiger partial charge >= 0.3 is 0 Å². The predicted octanol–water partition coefficient (Wildman–Crippen LogP) is 2.78. The molecule has 5 atom stereocenters. The van der Waals surface area contributed by atoms with Gasteiger partial charge in [-0.3, -0.25) is 24.1 Å². The van der Waals surface area contributed by atoms with E-state index < -0.39 is 52.3 Å². The Labute approximate surface area is 214 Å². The molecule has 194 valence electrons. The van der Waals surface area contributed by atoms with Crippen molar-refractivity contribution in [3.63, 3.8) is 0 Å². The van der Waals surface area contributed by atoms with Crippen LogP contribution in [0.1, 0.15) is 50.7 Å². The lowest BCUT2D eigenvalue weighted by molar-refractivity contribution is -0.131. The molecule has 10 nitrogen and oxygen atoms in total. The topological polar surface area (TPSA) is 131 Å². The van der Waals surface area contributed by atoms with Gasteiger partial charge in [0, 0.05) is 22.9 Å². The third kappa shape index (κ3) is 3.87. The van der Waals surface area contributed by atoms with Crippen molar-refractivity contribution in [3.05, 3.63) is 53.8 Å². The number of ketones is 1. The molecule has 2 fully saturated rings. The van der Waals surface area contributed by atoms with E-state index in [0.717, 1.165) is 0 Å². The zero-order valence-electron chi connectivity index (χ0n) is 21.6. The number of hydrogen-bond acceptors (Lipinski definition) is 7. The average Bonchev–Trinajstić information content (AvgIpc) is 3.49. The number of amides is 3. The summed E-state index contributed by atoms with van der Waals surface area (Å²) in [4.78, 5) is 55.0. The predicted molar refractivity (Wildman–Crippen MR) is 134 cm³/mol. The van der Waals surface area contributed by atoms with E-state index >= 15 is 0 Å². The Bertz CT molecular complexity index is 1360. The van der Waals surface area contributed by atoms with E-state index in [1.54, 1.807) is 56.3 Å². The molecule has 1 aromatic carbocycles. The highest BCUT2D eigenvalue weighted by Gasteiger charge is 2.76. The number of rotatable bonds is 5. The monoisotopic (exact) mass is 506 g/mol. The van der Waals surface area contributed by atoms with E-state index in [9.17, 15) is 19.2 Å². The summed E-state index contributed by atoms with van der Waals surface area (Å²) in [6.07, 6.45) is 3.49. The van der Waals surface area contributed by atoms with Crippen LogP contribution in [0.4, 0.5) is 11.5 Å². The number of nitrogens with zero attached hydrogens (tertiary/aromatic N) is 2. The number of aryl methyl sites for hydroxylation is 1. The molecule has 3 amide bonds. The molecule has 2 bridgehead atoms. The van der Waals surface area contributed by atoms with Crippen LogP contribution in [0.2, 0.25) is 0 Å². The lowest BCUT2D eigenvalue weighted by Crippen LogP contribution is -2.58. The number of anilines is 2. The molecular formula is C27H30N4O6. The van der Waals surface area contributed by atoms with E-state index in [1.165, 1.54) is 11.8 Å². The molecule has 2 aromatic rings. The van der Waals surface area contributed by atoms with Gasteiger partial charge in [-0.05, 0) is 53.7 Å². The van der Waals surface area contributed by atoms with Crippen molar-refractivity contribution >= 4 is 35.0 Å². The standard InChI is InChI=1S/C27H30N4O6/c1-14-12-18(30-36-14)28-22(33)19-20-24(35)31(17-9-7-8-16(13-17)15(2)32)21(23(34)29-25(3,4)5)27(20)11-10-26(19,6)37-27/h7-13,19-21H,1-6H3,(H,29,34)(H,28,30,33)/t19-,20-,21+,26+,27-/m0/s1. The van der Waals surface area contributed by atoms with Crippen molar-refractivity contribution in [1.82, 2.24) is 10.5 Å². The van der Waals surface area contributed by atoms with E-state index in [0.29, 0.717) is 17.0 Å². The van der Waals surface area contributed by atoms with Crippen LogP contribution < -0.4 is 15.5 Å². The smallest absolute Gasteiger partial charge is 0.246 e. The number of hydrogen-bond donors (Lipinski definition) is 2. The Hall–Kier alpha value is -3.79. The fourth-order valence-corrected chi connectivity index (χ4v) is 5.75. The van der Waals surface area contributed by atoms with Crippen molar-refractivity contribution in [3.8, 4) is 0 Å². The lowest BCUT2D eigenvalue weighted by Gasteiger charge is -2.35. The van der Waals surface area contributed by atoms with Crippen molar-refractivity contribution in [2.75, 3.05) is 10.2 Å². The molecule has 5 rings (SSSR count). The van der Waals surface area contributed by atoms with Gasteiger partial charge in [-0.25, -0.2) is 0 Å². The van der Waals surface area contributed by atoms with E-state index in [1.807, 2.05) is 20.8 Å². The van der Waals surface area contributed by atoms with Crippen molar-refractivity contribution in [2.45, 2.75) is 64.3 Å². The zero-order chi connectivity index (χ0) is 26.9. The molecule has 0 aliphatic carbocycles. The van der Waals surface area contributed by atoms with Crippen molar-refractivity contribution in [1.29, 1.82) is 0 Å². The first-order valence-corrected chi connectivity index (χ1v) is 12.2. The summed E-state index contributed by atoms with van der Waals surface area (Å²) in [5.41, 5.74) is -2.30. The van der Waals surface area contributed by atoms with Gasteiger partial charge in [0.2, 0.25) is 17.7 Å². The van der Waals surface area contributed by atoms with Crippen LogP contribution in [0.15, 0.2) is 47.0 Å². The van der Waals surface area contributed by atoms with Gasteiger partial charge in [0.15, 0.2) is 11.6 Å². The first-order valence-electron chi connectivity index (χ1n) is 12.2. The largest absolute Gasteiger partial charge is 0.360 e. The highest BCUT2D eigenvalue weighted by atomic mass is 16.5. The Morgan fingerprint density at radius 2 is 1.84 bits per heavy atom. The van der Waals surface area contributed by atoms with Crippen LogP contribution in [0.3, 0.4) is 0 Å². The first-order chi connectivity index (χ1) is 17.3. The molecule has 0 saturated carbocycles. The van der Waals surface area contributed by atoms with Gasteiger partial charge in [-0.2, -0.15) is 0 Å². The molecule has 1 spiro atoms. The van der Waals surface area contributed by atoms with E-state index in [2.05, 4.69) is 15.8 Å². The maximum absolute atomic E-state index is 14.2. The van der Waals surface area contributed by atoms with Crippen LogP contribution in [0.25, 0.3) is 0 Å². The maximum Gasteiger partial charge on any atom is 0.246 e. The second-order valence-corrected chi connectivity index (χ2v) is 11.2.